The van der Waals surface area contributed by atoms with Crippen LogP contribution in [-0.4, -0.2) is 20.7 Å². The standard InChI is InChI=1S/C8H7BrN4OS/c1-13-4-10-12-8(13)11-7(14)5-2-15-3-6(5)9/h2-4H,1H3,(H,11,12,14). The molecule has 0 aliphatic carbocycles. The second-order valence-electron chi connectivity index (χ2n) is 2.85. The van der Waals surface area contributed by atoms with E-state index in [1.807, 2.05) is 5.38 Å². The zero-order valence-electron chi connectivity index (χ0n) is 7.77. The largest absolute Gasteiger partial charge is 0.303 e. The molecule has 2 rings (SSSR count). The van der Waals surface area contributed by atoms with Crippen LogP contribution in [0, 0.1) is 0 Å². The van der Waals surface area contributed by atoms with Crippen LogP contribution in [0.3, 0.4) is 0 Å². The Morgan fingerprint density at radius 2 is 2.40 bits per heavy atom. The molecule has 5 nitrogen and oxygen atoms in total. The molecule has 0 radical (unpaired) electrons. The van der Waals surface area contributed by atoms with Crippen molar-refractivity contribution in [2.24, 2.45) is 7.05 Å². The van der Waals surface area contributed by atoms with Crippen molar-refractivity contribution >= 4 is 39.1 Å². The maximum atomic E-state index is 11.7. The molecule has 0 saturated carbocycles. The van der Waals surface area contributed by atoms with E-state index in [1.54, 1.807) is 17.0 Å². The lowest BCUT2D eigenvalue weighted by atomic mass is 10.3. The van der Waals surface area contributed by atoms with E-state index in [9.17, 15) is 4.79 Å². The average Bonchev–Trinajstić information content (AvgIpc) is 2.76. The molecule has 15 heavy (non-hydrogen) atoms. The Balaban J connectivity index is 2.18. The third kappa shape index (κ3) is 2.07. The van der Waals surface area contributed by atoms with Crippen molar-refractivity contribution in [3.63, 3.8) is 0 Å². The summed E-state index contributed by atoms with van der Waals surface area (Å²) < 4.78 is 2.42. The Bertz CT molecular complexity index is 492. The molecule has 2 heterocycles. The number of thiophene rings is 1. The van der Waals surface area contributed by atoms with Crippen molar-refractivity contribution in [3.8, 4) is 0 Å². The van der Waals surface area contributed by atoms with Gasteiger partial charge in [0.2, 0.25) is 5.95 Å². The van der Waals surface area contributed by atoms with Crippen LogP contribution in [0.1, 0.15) is 10.4 Å². The SMILES string of the molecule is Cn1cnnc1NC(=O)c1cscc1Br. The Morgan fingerprint density at radius 3 is 2.93 bits per heavy atom. The summed E-state index contributed by atoms with van der Waals surface area (Å²) in [5, 5.41) is 13.7. The number of nitrogens with one attached hydrogen (secondary N) is 1. The summed E-state index contributed by atoms with van der Waals surface area (Å²) in [6.07, 6.45) is 1.53. The molecule has 0 atom stereocenters. The summed E-state index contributed by atoms with van der Waals surface area (Å²) in [7, 11) is 1.76. The van der Waals surface area contributed by atoms with E-state index in [-0.39, 0.29) is 5.91 Å². The summed E-state index contributed by atoms with van der Waals surface area (Å²) in [4.78, 5) is 11.7. The zero-order valence-corrected chi connectivity index (χ0v) is 10.2. The smallest absolute Gasteiger partial charge is 0.260 e. The van der Waals surface area contributed by atoms with Gasteiger partial charge in [0.15, 0.2) is 0 Å². The second kappa shape index (κ2) is 4.11. The van der Waals surface area contributed by atoms with Crippen LogP contribution in [0.5, 0.6) is 0 Å². The van der Waals surface area contributed by atoms with E-state index in [0.29, 0.717) is 11.5 Å². The van der Waals surface area contributed by atoms with Crippen LogP contribution in [0.25, 0.3) is 0 Å². The van der Waals surface area contributed by atoms with Crippen LogP contribution in [-0.2, 0) is 7.05 Å². The number of rotatable bonds is 2. The molecule has 0 unspecified atom stereocenters. The number of nitrogens with zero attached hydrogens (tertiary/aromatic N) is 3. The highest BCUT2D eigenvalue weighted by Gasteiger charge is 2.12. The molecule has 0 saturated heterocycles. The first-order valence-corrected chi connectivity index (χ1v) is 5.79. The lowest BCUT2D eigenvalue weighted by Crippen LogP contribution is -2.14. The van der Waals surface area contributed by atoms with Crippen LogP contribution >= 0.6 is 27.3 Å². The first-order valence-electron chi connectivity index (χ1n) is 4.05. The fourth-order valence-electron chi connectivity index (χ4n) is 1.01. The fourth-order valence-corrected chi connectivity index (χ4v) is 2.46. The predicted octanol–water partition coefficient (Wildman–Crippen LogP) is 1.89. The first-order chi connectivity index (χ1) is 7.18. The van der Waals surface area contributed by atoms with Crippen molar-refractivity contribution in [1.29, 1.82) is 0 Å². The highest BCUT2D eigenvalue weighted by Crippen LogP contribution is 2.21. The second-order valence-corrected chi connectivity index (χ2v) is 4.45. The Morgan fingerprint density at radius 1 is 1.60 bits per heavy atom. The maximum Gasteiger partial charge on any atom is 0.260 e. The highest BCUT2D eigenvalue weighted by molar-refractivity contribution is 9.10. The van der Waals surface area contributed by atoms with Gasteiger partial charge in [0.25, 0.3) is 5.91 Å². The van der Waals surface area contributed by atoms with Crippen LogP contribution in [0.2, 0.25) is 0 Å². The predicted molar refractivity (Wildman–Crippen MR) is 61.0 cm³/mol. The van der Waals surface area contributed by atoms with Gasteiger partial charge in [0.1, 0.15) is 6.33 Å². The molecule has 1 N–H and O–H groups in total. The summed E-state index contributed by atoms with van der Waals surface area (Å²) >= 11 is 4.76. The molecule has 7 heteroatoms. The van der Waals surface area contributed by atoms with E-state index >= 15 is 0 Å². The first kappa shape index (κ1) is 10.3. The van der Waals surface area contributed by atoms with Crippen molar-refractivity contribution in [2.45, 2.75) is 0 Å². The number of anilines is 1. The number of halogens is 1. The van der Waals surface area contributed by atoms with Gasteiger partial charge in [-0.1, -0.05) is 0 Å². The maximum absolute atomic E-state index is 11.7. The van der Waals surface area contributed by atoms with Crippen molar-refractivity contribution in [1.82, 2.24) is 14.8 Å². The summed E-state index contributed by atoms with van der Waals surface area (Å²) in [6.45, 7) is 0. The van der Waals surface area contributed by atoms with Gasteiger partial charge in [-0.2, -0.15) is 11.3 Å². The number of aromatic nitrogens is 3. The molecule has 0 aliphatic heterocycles. The van der Waals surface area contributed by atoms with Gasteiger partial charge in [-0.25, -0.2) is 0 Å². The van der Waals surface area contributed by atoms with Gasteiger partial charge in [-0.15, -0.1) is 10.2 Å². The third-order valence-corrected chi connectivity index (χ3v) is 3.50. The minimum absolute atomic E-state index is 0.195. The van der Waals surface area contributed by atoms with E-state index in [2.05, 4.69) is 31.4 Å². The average molecular weight is 287 g/mol. The number of hydrogen-bond acceptors (Lipinski definition) is 4. The van der Waals surface area contributed by atoms with E-state index < -0.39 is 0 Å². The molecular weight excluding hydrogens is 280 g/mol. The van der Waals surface area contributed by atoms with Crippen LogP contribution < -0.4 is 5.32 Å². The van der Waals surface area contributed by atoms with Gasteiger partial charge in [-0.3, -0.25) is 10.1 Å². The molecule has 0 bridgehead atoms. The van der Waals surface area contributed by atoms with E-state index in [0.717, 1.165) is 4.47 Å². The molecule has 78 valence electrons. The number of amides is 1. The van der Waals surface area contributed by atoms with E-state index in [1.165, 1.54) is 17.7 Å². The summed E-state index contributed by atoms with van der Waals surface area (Å²) in [5.74, 6) is 0.234. The summed E-state index contributed by atoms with van der Waals surface area (Å²) in [6, 6.07) is 0. The lowest BCUT2D eigenvalue weighted by Gasteiger charge is -2.02. The molecule has 2 aromatic heterocycles. The normalized spacial score (nSPS) is 10.3. The molecule has 0 aliphatic rings. The quantitative estimate of drug-likeness (QED) is 0.917. The lowest BCUT2D eigenvalue weighted by molar-refractivity contribution is 0.102. The number of aryl methyl sites for hydroxylation is 1. The third-order valence-electron chi connectivity index (χ3n) is 1.80. The van der Waals surface area contributed by atoms with Gasteiger partial charge >= 0.3 is 0 Å². The zero-order chi connectivity index (χ0) is 10.8. The minimum atomic E-state index is -0.195. The Kier molecular flexibility index (Phi) is 2.83. The molecular formula is C8H7BrN4OS. The number of hydrogen-bond donors (Lipinski definition) is 1. The molecule has 0 fully saturated rings. The monoisotopic (exact) mass is 286 g/mol. The van der Waals surface area contributed by atoms with Crippen LogP contribution in [0.4, 0.5) is 5.95 Å². The molecule has 0 aromatic carbocycles. The Labute approximate surface area is 98.3 Å². The minimum Gasteiger partial charge on any atom is -0.303 e. The van der Waals surface area contributed by atoms with Crippen LogP contribution in [0.15, 0.2) is 21.6 Å². The van der Waals surface area contributed by atoms with Crippen molar-refractivity contribution in [3.05, 3.63) is 27.1 Å². The Hall–Kier alpha value is -1.21. The van der Waals surface area contributed by atoms with Gasteiger partial charge < -0.3 is 4.57 Å². The number of carbonyl (C=O) groups excluding carboxylic acids is 1. The van der Waals surface area contributed by atoms with Gasteiger partial charge in [0.05, 0.1) is 5.56 Å². The topological polar surface area (TPSA) is 59.8 Å². The fraction of sp³-hybridized carbons (Fsp3) is 0.125. The summed E-state index contributed by atoms with van der Waals surface area (Å²) in [5.41, 5.74) is 0.600. The van der Waals surface area contributed by atoms with Gasteiger partial charge in [0, 0.05) is 22.3 Å². The highest BCUT2D eigenvalue weighted by atomic mass is 79.9. The molecule has 2 aromatic rings. The molecule has 1 amide bonds. The van der Waals surface area contributed by atoms with Gasteiger partial charge in [-0.05, 0) is 15.9 Å². The van der Waals surface area contributed by atoms with Crippen molar-refractivity contribution in [2.75, 3.05) is 5.32 Å². The molecule has 0 spiro atoms. The number of carbonyl (C=O) groups is 1. The van der Waals surface area contributed by atoms with E-state index in [4.69, 9.17) is 0 Å². The van der Waals surface area contributed by atoms with Crippen molar-refractivity contribution < 1.29 is 4.79 Å².